The summed E-state index contributed by atoms with van der Waals surface area (Å²) in [6.07, 6.45) is 7.48. The second kappa shape index (κ2) is 5.77. The first-order valence-corrected chi connectivity index (χ1v) is 5.93. The summed E-state index contributed by atoms with van der Waals surface area (Å²) in [5.74, 6) is -0.134. The Balaban J connectivity index is 1.62. The van der Waals surface area contributed by atoms with Gasteiger partial charge < -0.3 is 9.47 Å². The number of esters is 1. The van der Waals surface area contributed by atoms with E-state index < -0.39 is 0 Å². The van der Waals surface area contributed by atoms with Crippen LogP contribution < -0.4 is 0 Å². The summed E-state index contributed by atoms with van der Waals surface area (Å²) in [5.41, 5.74) is 1.14. The Hall–Kier alpha value is -1.42. The maximum atomic E-state index is 10.9. The van der Waals surface area contributed by atoms with E-state index >= 15 is 0 Å². The van der Waals surface area contributed by atoms with Gasteiger partial charge in [-0.15, -0.1) is 0 Å². The zero-order valence-corrected chi connectivity index (χ0v) is 9.96. The molecule has 1 aromatic heterocycles. The number of rotatable bonds is 6. The maximum absolute atomic E-state index is 10.9. The van der Waals surface area contributed by atoms with Crippen molar-refractivity contribution in [3.05, 3.63) is 30.1 Å². The lowest BCUT2D eigenvalue weighted by molar-refractivity contribution is -0.140. The van der Waals surface area contributed by atoms with Crippen LogP contribution in [0.25, 0.3) is 0 Å². The predicted molar refractivity (Wildman–Crippen MR) is 62.3 cm³/mol. The van der Waals surface area contributed by atoms with Gasteiger partial charge in [0.2, 0.25) is 0 Å². The highest BCUT2D eigenvalue weighted by Gasteiger charge is 2.39. The summed E-state index contributed by atoms with van der Waals surface area (Å²) >= 11 is 0. The van der Waals surface area contributed by atoms with Crippen LogP contribution in [0.2, 0.25) is 0 Å². The lowest BCUT2D eigenvalue weighted by atomic mass is 10.1. The number of methoxy groups -OCH3 is 1. The molecule has 1 aromatic rings. The maximum Gasteiger partial charge on any atom is 0.305 e. The molecule has 0 bridgehead atoms. The third kappa shape index (κ3) is 3.53. The van der Waals surface area contributed by atoms with Crippen molar-refractivity contribution in [3.8, 4) is 0 Å². The Morgan fingerprint density at radius 2 is 2.41 bits per heavy atom. The minimum Gasteiger partial charge on any atom is -0.469 e. The van der Waals surface area contributed by atoms with Gasteiger partial charge in [-0.05, 0) is 18.9 Å². The van der Waals surface area contributed by atoms with Crippen LogP contribution in [-0.4, -0.2) is 24.2 Å². The summed E-state index contributed by atoms with van der Waals surface area (Å²) in [6, 6.07) is 3.96. The van der Waals surface area contributed by atoms with E-state index in [-0.39, 0.29) is 12.1 Å². The van der Waals surface area contributed by atoms with Crippen LogP contribution in [0.4, 0.5) is 0 Å². The van der Waals surface area contributed by atoms with Gasteiger partial charge >= 0.3 is 5.97 Å². The molecule has 1 saturated heterocycles. The molecule has 0 unspecified atom stereocenters. The van der Waals surface area contributed by atoms with E-state index in [9.17, 15) is 4.79 Å². The zero-order chi connectivity index (χ0) is 12.1. The minimum absolute atomic E-state index is 0.134. The van der Waals surface area contributed by atoms with Crippen molar-refractivity contribution in [1.29, 1.82) is 0 Å². The smallest absolute Gasteiger partial charge is 0.305 e. The summed E-state index contributed by atoms with van der Waals surface area (Å²) in [7, 11) is 1.42. The Morgan fingerprint density at radius 1 is 1.53 bits per heavy atom. The quantitative estimate of drug-likeness (QED) is 0.431. The highest BCUT2D eigenvalue weighted by molar-refractivity contribution is 5.68. The Bertz CT molecular complexity index is 366. The lowest BCUT2D eigenvalue weighted by Crippen LogP contribution is -1.99. The third-order valence-corrected chi connectivity index (χ3v) is 2.94. The molecule has 4 heteroatoms. The number of unbranched alkanes of at least 4 members (excludes halogenated alkanes) is 1. The third-order valence-electron chi connectivity index (χ3n) is 2.94. The van der Waals surface area contributed by atoms with E-state index in [0.29, 0.717) is 12.5 Å². The molecular weight excluding hydrogens is 218 g/mol. The number of aromatic nitrogens is 1. The van der Waals surface area contributed by atoms with Gasteiger partial charge in [0.1, 0.15) is 6.10 Å². The van der Waals surface area contributed by atoms with Gasteiger partial charge in [-0.1, -0.05) is 12.5 Å². The van der Waals surface area contributed by atoms with Gasteiger partial charge in [-0.3, -0.25) is 9.78 Å². The van der Waals surface area contributed by atoms with Crippen molar-refractivity contribution in [2.24, 2.45) is 0 Å². The van der Waals surface area contributed by atoms with Crippen LogP contribution >= 0.6 is 0 Å². The molecule has 0 N–H and O–H groups in total. The first kappa shape index (κ1) is 12.0. The second-order valence-corrected chi connectivity index (χ2v) is 4.20. The summed E-state index contributed by atoms with van der Waals surface area (Å²) in [5, 5.41) is 0. The van der Waals surface area contributed by atoms with Crippen LogP contribution in [-0.2, 0) is 14.3 Å². The molecule has 0 saturated carbocycles. The molecule has 1 aliphatic heterocycles. The number of hydrogen-bond acceptors (Lipinski definition) is 4. The van der Waals surface area contributed by atoms with Crippen molar-refractivity contribution < 1.29 is 14.3 Å². The van der Waals surface area contributed by atoms with Crippen LogP contribution in [0.3, 0.4) is 0 Å². The SMILES string of the molecule is COC(=O)CCCC[C@H]1O[C@@H]1c1cccnc1. The van der Waals surface area contributed by atoms with E-state index in [0.717, 1.165) is 24.8 Å². The fourth-order valence-electron chi connectivity index (χ4n) is 1.92. The van der Waals surface area contributed by atoms with E-state index in [1.165, 1.54) is 7.11 Å². The average molecular weight is 235 g/mol. The van der Waals surface area contributed by atoms with Gasteiger partial charge in [-0.2, -0.15) is 0 Å². The number of hydrogen-bond donors (Lipinski definition) is 0. The molecule has 0 amide bonds. The molecule has 2 heterocycles. The molecule has 0 spiro atoms. The van der Waals surface area contributed by atoms with Crippen molar-refractivity contribution in [3.63, 3.8) is 0 Å². The molecule has 0 aliphatic carbocycles. The van der Waals surface area contributed by atoms with Gasteiger partial charge in [0, 0.05) is 24.4 Å². The van der Waals surface area contributed by atoms with E-state index in [1.54, 1.807) is 6.20 Å². The first-order valence-electron chi connectivity index (χ1n) is 5.93. The molecule has 4 nitrogen and oxygen atoms in total. The van der Waals surface area contributed by atoms with Gasteiger partial charge in [-0.25, -0.2) is 0 Å². The molecule has 2 atom stereocenters. The largest absolute Gasteiger partial charge is 0.469 e. The monoisotopic (exact) mass is 235 g/mol. The molecule has 1 aliphatic rings. The van der Waals surface area contributed by atoms with Crippen molar-refractivity contribution in [2.45, 2.75) is 37.9 Å². The van der Waals surface area contributed by atoms with Crippen LogP contribution in [0, 0.1) is 0 Å². The van der Waals surface area contributed by atoms with Crippen LogP contribution in [0.5, 0.6) is 0 Å². The Morgan fingerprint density at radius 3 is 3.12 bits per heavy atom. The summed E-state index contributed by atoms with van der Waals surface area (Å²) in [4.78, 5) is 15.0. The molecule has 0 aromatic carbocycles. The predicted octanol–water partition coefficient (Wildman–Crippen LogP) is 2.25. The lowest BCUT2D eigenvalue weighted by Gasteiger charge is -1.98. The summed E-state index contributed by atoms with van der Waals surface area (Å²) in [6.45, 7) is 0. The number of epoxide rings is 1. The fraction of sp³-hybridized carbons (Fsp3) is 0.538. The van der Waals surface area contributed by atoms with Crippen LogP contribution in [0.1, 0.15) is 37.4 Å². The number of carbonyl (C=O) groups excluding carboxylic acids is 1. The standard InChI is InChI=1S/C13H17NO3/c1-16-12(15)7-3-2-6-11-13(17-11)10-5-4-8-14-9-10/h4-5,8-9,11,13H,2-3,6-7H2,1H3/t11-,13-/m1/s1. The highest BCUT2D eigenvalue weighted by atomic mass is 16.6. The summed E-state index contributed by atoms with van der Waals surface area (Å²) < 4.78 is 10.2. The van der Waals surface area contributed by atoms with Crippen LogP contribution in [0.15, 0.2) is 24.5 Å². The highest BCUT2D eigenvalue weighted by Crippen LogP contribution is 2.41. The van der Waals surface area contributed by atoms with E-state index in [1.807, 2.05) is 18.3 Å². The normalized spacial score (nSPS) is 22.2. The van der Waals surface area contributed by atoms with Gasteiger partial charge in [0.15, 0.2) is 0 Å². The molecule has 2 rings (SSSR count). The molecule has 92 valence electrons. The molecular formula is C13H17NO3. The number of nitrogens with zero attached hydrogens (tertiary/aromatic N) is 1. The van der Waals surface area contributed by atoms with Gasteiger partial charge in [0.05, 0.1) is 13.2 Å². The number of pyridine rings is 1. The molecule has 17 heavy (non-hydrogen) atoms. The zero-order valence-electron chi connectivity index (χ0n) is 9.96. The average Bonchev–Trinajstić information content (AvgIpc) is 3.15. The first-order chi connectivity index (χ1) is 8.31. The minimum atomic E-state index is -0.134. The number of carbonyl (C=O) groups is 1. The van der Waals surface area contributed by atoms with Gasteiger partial charge in [0.25, 0.3) is 0 Å². The number of ether oxygens (including phenoxy) is 2. The second-order valence-electron chi connectivity index (χ2n) is 4.20. The Labute approximate surface area is 101 Å². The molecule has 1 fully saturated rings. The van der Waals surface area contributed by atoms with E-state index in [4.69, 9.17) is 4.74 Å². The van der Waals surface area contributed by atoms with E-state index in [2.05, 4.69) is 9.72 Å². The van der Waals surface area contributed by atoms with Crippen molar-refractivity contribution in [2.75, 3.05) is 7.11 Å². The molecule has 0 radical (unpaired) electrons. The van der Waals surface area contributed by atoms with Crippen molar-refractivity contribution >= 4 is 5.97 Å². The topological polar surface area (TPSA) is 51.7 Å². The Kier molecular flexibility index (Phi) is 4.09. The van der Waals surface area contributed by atoms with Crippen molar-refractivity contribution in [1.82, 2.24) is 4.98 Å². The fourth-order valence-corrected chi connectivity index (χ4v) is 1.92.